The Kier molecular flexibility index (Phi) is 6.26. The van der Waals surface area contributed by atoms with E-state index in [0.29, 0.717) is 17.8 Å². The first-order chi connectivity index (χ1) is 9.24. The van der Waals surface area contributed by atoms with Crippen molar-refractivity contribution in [2.24, 2.45) is 0 Å². The summed E-state index contributed by atoms with van der Waals surface area (Å²) < 4.78 is 11.0. The van der Waals surface area contributed by atoms with Gasteiger partial charge >= 0.3 is 7.12 Å². The van der Waals surface area contributed by atoms with Gasteiger partial charge in [-0.3, -0.25) is 0 Å². The Balaban J connectivity index is 2.72. The zero-order valence-corrected chi connectivity index (χ0v) is 14.1. The number of hydrogen-bond donors (Lipinski definition) is 2. The second-order valence-corrected chi connectivity index (χ2v) is 11.9. The van der Waals surface area contributed by atoms with Crippen LogP contribution in [0.25, 0.3) is 0 Å². The van der Waals surface area contributed by atoms with Crippen LogP contribution in [0.4, 0.5) is 0 Å². The summed E-state index contributed by atoms with van der Waals surface area (Å²) >= 11 is 0. The summed E-state index contributed by atoms with van der Waals surface area (Å²) in [5.74, 6) is 0.631. The minimum atomic E-state index is -1.48. The maximum Gasteiger partial charge on any atom is 0.488 e. The summed E-state index contributed by atoms with van der Waals surface area (Å²) in [7, 11) is -0.982. The van der Waals surface area contributed by atoms with Crippen LogP contribution in [0.1, 0.15) is 11.1 Å². The first-order valence-electron chi connectivity index (χ1n) is 6.86. The summed E-state index contributed by atoms with van der Waals surface area (Å²) in [5, 5.41) is 18.6. The topological polar surface area (TPSA) is 58.9 Å². The third-order valence-corrected chi connectivity index (χ3v) is 4.91. The Morgan fingerprint density at radius 3 is 2.35 bits per heavy atom. The highest BCUT2D eigenvalue weighted by Crippen LogP contribution is 2.20. The van der Waals surface area contributed by atoms with Gasteiger partial charge in [0.1, 0.15) is 5.75 Å². The minimum absolute atomic E-state index is 0.465. The van der Waals surface area contributed by atoms with Crippen LogP contribution in [0.5, 0.6) is 5.75 Å². The number of benzene rings is 1. The maximum absolute atomic E-state index is 9.29. The smallest absolute Gasteiger partial charge is 0.488 e. The molecule has 1 aromatic rings. The number of ether oxygens (including phenoxy) is 2. The molecule has 4 nitrogen and oxygen atoms in total. The Labute approximate surface area is 122 Å². The zero-order chi connectivity index (χ0) is 15.3. The average Bonchev–Trinajstić information content (AvgIpc) is 2.33. The van der Waals surface area contributed by atoms with Crippen molar-refractivity contribution in [3.63, 3.8) is 0 Å². The van der Waals surface area contributed by atoms with Gasteiger partial charge in [-0.1, -0.05) is 31.3 Å². The first-order valence-corrected chi connectivity index (χ1v) is 10.6. The Morgan fingerprint density at radius 1 is 1.20 bits per heavy atom. The lowest BCUT2D eigenvalue weighted by molar-refractivity contribution is 0.131. The molecule has 6 heteroatoms. The van der Waals surface area contributed by atoms with E-state index in [2.05, 4.69) is 19.6 Å². The van der Waals surface area contributed by atoms with Crippen molar-refractivity contribution < 1.29 is 19.5 Å². The number of rotatable bonds is 7. The molecule has 0 spiro atoms. The van der Waals surface area contributed by atoms with E-state index < -0.39 is 15.2 Å². The van der Waals surface area contributed by atoms with Gasteiger partial charge in [-0.05, 0) is 24.5 Å². The second kappa shape index (κ2) is 7.26. The molecule has 0 aliphatic carbocycles. The van der Waals surface area contributed by atoms with Crippen molar-refractivity contribution in [3.05, 3.63) is 23.3 Å². The quantitative estimate of drug-likeness (QED) is 0.592. The average molecular weight is 296 g/mol. The van der Waals surface area contributed by atoms with Crippen LogP contribution in [0.3, 0.4) is 0 Å². The highest BCUT2D eigenvalue weighted by molar-refractivity contribution is 6.76. The molecule has 0 saturated heterocycles. The molecule has 1 aromatic carbocycles. The zero-order valence-electron chi connectivity index (χ0n) is 13.1. The molecular weight excluding hydrogens is 271 g/mol. The maximum atomic E-state index is 9.29. The van der Waals surface area contributed by atoms with Gasteiger partial charge in [0.05, 0.1) is 13.7 Å². The third kappa shape index (κ3) is 5.28. The molecule has 0 bridgehead atoms. The Bertz CT molecular complexity index is 444. The third-order valence-electron chi connectivity index (χ3n) is 3.20. The number of aryl methyl sites for hydroxylation is 1. The molecule has 0 heterocycles. The Morgan fingerprint density at radius 2 is 1.85 bits per heavy atom. The highest BCUT2D eigenvalue weighted by Gasteiger charge is 2.18. The normalized spacial score (nSPS) is 11.6. The van der Waals surface area contributed by atoms with E-state index in [-0.39, 0.29) is 0 Å². The first kappa shape index (κ1) is 17.2. The summed E-state index contributed by atoms with van der Waals surface area (Å²) in [6, 6.07) is 4.68. The van der Waals surface area contributed by atoms with E-state index >= 15 is 0 Å². The van der Waals surface area contributed by atoms with Crippen molar-refractivity contribution in [1.82, 2.24) is 0 Å². The summed E-state index contributed by atoms with van der Waals surface area (Å²) in [6.07, 6.45) is 0. The molecular formula is C14H25BO4Si. The fourth-order valence-corrected chi connectivity index (χ4v) is 2.66. The van der Waals surface area contributed by atoms with Crippen LogP contribution < -0.4 is 10.2 Å². The lowest BCUT2D eigenvalue weighted by atomic mass is 9.76. The van der Waals surface area contributed by atoms with Gasteiger partial charge in [0.25, 0.3) is 0 Å². The molecule has 112 valence electrons. The van der Waals surface area contributed by atoms with Gasteiger partial charge in [0.15, 0.2) is 0 Å². The van der Waals surface area contributed by atoms with Crippen molar-refractivity contribution in [2.45, 2.75) is 39.2 Å². The predicted molar refractivity (Wildman–Crippen MR) is 85.4 cm³/mol. The molecule has 0 saturated carbocycles. The van der Waals surface area contributed by atoms with Crippen molar-refractivity contribution in [3.8, 4) is 5.75 Å². The molecule has 1 rings (SSSR count). The van der Waals surface area contributed by atoms with Gasteiger partial charge in [0, 0.05) is 20.2 Å². The van der Waals surface area contributed by atoms with E-state index in [1.54, 1.807) is 13.2 Å². The van der Waals surface area contributed by atoms with E-state index in [0.717, 1.165) is 23.8 Å². The second-order valence-electron chi connectivity index (χ2n) is 6.26. The summed E-state index contributed by atoms with van der Waals surface area (Å²) in [5.41, 5.74) is 2.22. The minimum Gasteiger partial charge on any atom is -0.496 e. The van der Waals surface area contributed by atoms with Crippen LogP contribution in [0, 0.1) is 6.92 Å². The van der Waals surface area contributed by atoms with Crippen LogP contribution in [0.2, 0.25) is 25.7 Å². The monoisotopic (exact) mass is 296 g/mol. The molecule has 2 N–H and O–H groups in total. The predicted octanol–water partition coefficient (Wildman–Crippen LogP) is 1.54. The van der Waals surface area contributed by atoms with Crippen LogP contribution in [0.15, 0.2) is 12.1 Å². The van der Waals surface area contributed by atoms with Crippen molar-refractivity contribution >= 4 is 20.7 Å². The van der Waals surface area contributed by atoms with Crippen LogP contribution >= 0.6 is 0 Å². The van der Waals surface area contributed by atoms with Crippen LogP contribution in [-0.2, 0) is 11.3 Å². The molecule has 0 aliphatic rings. The van der Waals surface area contributed by atoms with Crippen molar-refractivity contribution in [1.29, 1.82) is 0 Å². The molecule has 0 aromatic heterocycles. The summed E-state index contributed by atoms with van der Waals surface area (Å²) in [6.45, 7) is 10.0. The molecule has 0 aliphatic heterocycles. The number of methoxy groups -OCH3 is 1. The van der Waals surface area contributed by atoms with Crippen LogP contribution in [-0.4, -0.2) is 39.0 Å². The SMILES string of the molecule is COc1cc(B(O)O)c(C)cc1COCC[Si](C)(C)C. The van der Waals surface area contributed by atoms with E-state index in [9.17, 15) is 10.0 Å². The molecule has 0 amide bonds. The molecule has 0 unspecified atom stereocenters. The van der Waals surface area contributed by atoms with E-state index in [1.165, 1.54) is 0 Å². The lowest BCUT2D eigenvalue weighted by Crippen LogP contribution is -2.32. The molecule has 20 heavy (non-hydrogen) atoms. The highest BCUT2D eigenvalue weighted by atomic mass is 28.3. The fraction of sp³-hybridized carbons (Fsp3) is 0.571. The van der Waals surface area contributed by atoms with E-state index in [1.807, 2.05) is 13.0 Å². The largest absolute Gasteiger partial charge is 0.496 e. The Hall–Kier alpha value is -0.818. The van der Waals surface area contributed by atoms with Crippen molar-refractivity contribution in [2.75, 3.05) is 13.7 Å². The molecule has 0 radical (unpaired) electrons. The van der Waals surface area contributed by atoms with Gasteiger partial charge in [-0.15, -0.1) is 0 Å². The summed E-state index contributed by atoms with van der Waals surface area (Å²) in [4.78, 5) is 0. The van der Waals surface area contributed by atoms with Gasteiger partial charge in [0.2, 0.25) is 0 Å². The molecule has 0 fully saturated rings. The van der Waals surface area contributed by atoms with Gasteiger partial charge < -0.3 is 19.5 Å². The standard InChI is InChI=1S/C14H25BO4Si/c1-11-8-12(10-19-6-7-20(3,4)5)14(18-2)9-13(11)15(16)17/h8-9,16-17H,6-7,10H2,1-5H3. The van der Waals surface area contributed by atoms with Gasteiger partial charge in [-0.25, -0.2) is 0 Å². The van der Waals surface area contributed by atoms with Gasteiger partial charge in [-0.2, -0.15) is 0 Å². The molecule has 0 atom stereocenters. The lowest BCUT2D eigenvalue weighted by Gasteiger charge is -2.17. The number of hydrogen-bond acceptors (Lipinski definition) is 4. The fourth-order valence-electron chi connectivity index (χ4n) is 1.91. The van der Waals surface area contributed by atoms with E-state index in [4.69, 9.17) is 9.47 Å².